The second-order valence-electron chi connectivity index (χ2n) is 8.66. The molecule has 0 spiro atoms. The molecular weight excluding hydrogens is 437 g/mol. The van der Waals surface area contributed by atoms with Gasteiger partial charge in [-0.15, -0.1) is 0 Å². The van der Waals surface area contributed by atoms with Gasteiger partial charge in [0.1, 0.15) is 17.5 Å². The van der Waals surface area contributed by atoms with E-state index in [0.717, 1.165) is 43.5 Å². The van der Waals surface area contributed by atoms with Crippen LogP contribution in [0.2, 0.25) is 0 Å². The summed E-state index contributed by atoms with van der Waals surface area (Å²) in [5.41, 5.74) is 3.81. The lowest BCUT2D eigenvalue weighted by Crippen LogP contribution is -2.43. The summed E-state index contributed by atoms with van der Waals surface area (Å²) in [6.07, 6.45) is 1.80. The number of hydrogen-bond donors (Lipinski definition) is 0. The van der Waals surface area contributed by atoms with Gasteiger partial charge in [-0.3, -0.25) is 4.90 Å². The Morgan fingerprint density at radius 3 is 2.24 bits per heavy atom. The SMILES string of the molecule is CN1CCN(Cc2cnn(-c3ccc(-c4ccc(F)cc4F)cc3)c2-c2ccccc2F)CC1. The number of hydrogen-bond acceptors (Lipinski definition) is 3. The van der Waals surface area contributed by atoms with Crippen molar-refractivity contribution in [2.45, 2.75) is 6.54 Å². The highest BCUT2D eigenvalue weighted by Gasteiger charge is 2.21. The van der Waals surface area contributed by atoms with Crippen LogP contribution >= 0.6 is 0 Å². The first-order chi connectivity index (χ1) is 16.5. The summed E-state index contributed by atoms with van der Waals surface area (Å²) >= 11 is 0. The molecule has 1 aromatic heterocycles. The Morgan fingerprint density at radius 2 is 1.53 bits per heavy atom. The zero-order chi connectivity index (χ0) is 23.7. The molecule has 34 heavy (non-hydrogen) atoms. The standard InChI is InChI=1S/C27H25F3N4/c1-32-12-14-33(15-13-32)18-20-17-31-34(27(20)24-4-2-3-5-25(24)29)22-9-6-19(7-10-22)23-11-8-21(28)16-26(23)30/h2-11,16-17H,12-15,18H2,1H3. The second-order valence-corrected chi connectivity index (χ2v) is 8.66. The number of piperazine rings is 1. The first-order valence-electron chi connectivity index (χ1n) is 11.3. The second kappa shape index (κ2) is 9.44. The van der Waals surface area contributed by atoms with Crippen molar-refractivity contribution in [2.75, 3.05) is 33.2 Å². The van der Waals surface area contributed by atoms with Crippen molar-refractivity contribution in [3.63, 3.8) is 0 Å². The molecule has 3 aromatic carbocycles. The molecule has 1 aliphatic rings. The highest BCUT2D eigenvalue weighted by molar-refractivity contribution is 5.69. The molecule has 0 atom stereocenters. The Hall–Kier alpha value is -3.42. The molecule has 174 valence electrons. The summed E-state index contributed by atoms with van der Waals surface area (Å²) in [6.45, 7) is 4.54. The van der Waals surface area contributed by atoms with Crippen molar-refractivity contribution >= 4 is 0 Å². The van der Waals surface area contributed by atoms with Gasteiger partial charge in [0, 0.05) is 55.5 Å². The Bertz CT molecular complexity index is 1290. The molecule has 2 heterocycles. The van der Waals surface area contributed by atoms with Crippen LogP contribution in [0.1, 0.15) is 5.56 Å². The van der Waals surface area contributed by atoms with Gasteiger partial charge in [0.2, 0.25) is 0 Å². The number of nitrogens with zero attached hydrogens (tertiary/aromatic N) is 4. The van der Waals surface area contributed by atoms with Crippen molar-refractivity contribution in [1.29, 1.82) is 0 Å². The summed E-state index contributed by atoms with van der Waals surface area (Å²) in [4.78, 5) is 4.65. The number of benzene rings is 3. The molecule has 1 aliphatic heterocycles. The first kappa shape index (κ1) is 22.4. The lowest BCUT2D eigenvalue weighted by atomic mass is 10.0. The molecule has 0 amide bonds. The minimum atomic E-state index is -0.617. The Morgan fingerprint density at radius 1 is 0.794 bits per heavy atom. The number of likely N-dealkylation sites (N-methyl/N-ethyl adjacent to an activating group) is 1. The van der Waals surface area contributed by atoms with E-state index in [2.05, 4.69) is 21.9 Å². The molecule has 1 fully saturated rings. The summed E-state index contributed by atoms with van der Waals surface area (Å²) in [5, 5.41) is 4.61. The van der Waals surface area contributed by atoms with Crippen molar-refractivity contribution in [1.82, 2.24) is 19.6 Å². The fourth-order valence-corrected chi connectivity index (χ4v) is 4.39. The zero-order valence-electron chi connectivity index (χ0n) is 18.9. The van der Waals surface area contributed by atoms with Crippen LogP contribution in [0, 0.1) is 17.5 Å². The maximum absolute atomic E-state index is 14.9. The summed E-state index contributed by atoms with van der Waals surface area (Å²) in [5.74, 6) is -1.54. The molecule has 0 saturated carbocycles. The molecule has 4 nitrogen and oxygen atoms in total. The highest BCUT2D eigenvalue weighted by atomic mass is 19.1. The Kier molecular flexibility index (Phi) is 6.22. The van der Waals surface area contributed by atoms with E-state index in [-0.39, 0.29) is 5.82 Å². The minimum absolute atomic E-state index is 0.311. The molecule has 0 N–H and O–H groups in total. The van der Waals surface area contributed by atoms with E-state index in [9.17, 15) is 13.2 Å². The van der Waals surface area contributed by atoms with Crippen LogP contribution in [-0.4, -0.2) is 52.8 Å². The van der Waals surface area contributed by atoms with E-state index >= 15 is 0 Å². The molecule has 0 unspecified atom stereocenters. The van der Waals surface area contributed by atoms with Crippen molar-refractivity contribution in [3.05, 3.63) is 95.9 Å². The molecule has 0 bridgehead atoms. The van der Waals surface area contributed by atoms with E-state index in [0.29, 0.717) is 28.9 Å². The van der Waals surface area contributed by atoms with Crippen LogP contribution in [0.5, 0.6) is 0 Å². The van der Waals surface area contributed by atoms with Crippen LogP contribution in [0.25, 0.3) is 28.1 Å². The van der Waals surface area contributed by atoms with Crippen molar-refractivity contribution < 1.29 is 13.2 Å². The van der Waals surface area contributed by atoms with E-state index < -0.39 is 11.6 Å². The average molecular weight is 463 g/mol. The monoisotopic (exact) mass is 462 g/mol. The molecule has 7 heteroatoms. The van der Waals surface area contributed by atoms with Crippen LogP contribution in [0.15, 0.2) is 72.9 Å². The fourth-order valence-electron chi connectivity index (χ4n) is 4.39. The lowest BCUT2D eigenvalue weighted by molar-refractivity contribution is 0.148. The molecular formula is C27H25F3N4. The summed E-state index contributed by atoms with van der Waals surface area (Å²) in [6, 6.07) is 17.4. The third-order valence-electron chi connectivity index (χ3n) is 6.32. The van der Waals surface area contributed by atoms with Gasteiger partial charge in [-0.2, -0.15) is 5.10 Å². The number of aromatic nitrogens is 2. The van der Waals surface area contributed by atoms with E-state index in [1.54, 1.807) is 35.1 Å². The smallest absolute Gasteiger partial charge is 0.133 e. The number of rotatable bonds is 5. The molecule has 5 rings (SSSR count). The van der Waals surface area contributed by atoms with Gasteiger partial charge in [-0.25, -0.2) is 17.9 Å². The van der Waals surface area contributed by atoms with Crippen molar-refractivity contribution in [2.24, 2.45) is 0 Å². The molecule has 0 radical (unpaired) electrons. The minimum Gasteiger partial charge on any atom is -0.304 e. The average Bonchev–Trinajstić information content (AvgIpc) is 3.24. The van der Waals surface area contributed by atoms with Gasteiger partial charge >= 0.3 is 0 Å². The summed E-state index contributed by atoms with van der Waals surface area (Å²) < 4.78 is 44.1. The maximum Gasteiger partial charge on any atom is 0.133 e. The fraction of sp³-hybridized carbons (Fsp3) is 0.222. The first-order valence-corrected chi connectivity index (χ1v) is 11.3. The van der Waals surface area contributed by atoms with E-state index in [4.69, 9.17) is 0 Å². The van der Waals surface area contributed by atoms with Crippen LogP contribution in [0.4, 0.5) is 13.2 Å². The largest absolute Gasteiger partial charge is 0.304 e. The zero-order valence-corrected chi connectivity index (χ0v) is 18.9. The van der Waals surface area contributed by atoms with Gasteiger partial charge in [0.05, 0.1) is 17.6 Å². The third kappa shape index (κ3) is 4.49. The molecule has 4 aromatic rings. The van der Waals surface area contributed by atoms with Gasteiger partial charge in [-0.1, -0.05) is 24.3 Å². The Balaban J connectivity index is 1.52. The predicted octanol–water partition coefficient (Wildman–Crippen LogP) is 5.37. The summed E-state index contributed by atoms with van der Waals surface area (Å²) in [7, 11) is 2.11. The van der Waals surface area contributed by atoms with Gasteiger partial charge in [0.25, 0.3) is 0 Å². The molecule has 0 aliphatic carbocycles. The van der Waals surface area contributed by atoms with E-state index in [1.165, 1.54) is 18.2 Å². The quantitative estimate of drug-likeness (QED) is 0.399. The predicted molar refractivity (Wildman–Crippen MR) is 127 cm³/mol. The van der Waals surface area contributed by atoms with Crippen molar-refractivity contribution in [3.8, 4) is 28.1 Å². The third-order valence-corrected chi connectivity index (χ3v) is 6.32. The van der Waals surface area contributed by atoms with Gasteiger partial charge in [0.15, 0.2) is 0 Å². The van der Waals surface area contributed by atoms with Crippen LogP contribution in [-0.2, 0) is 6.54 Å². The van der Waals surface area contributed by atoms with Gasteiger partial charge in [-0.05, 0) is 49.0 Å². The topological polar surface area (TPSA) is 24.3 Å². The number of halogens is 3. The van der Waals surface area contributed by atoms with Crippen LogP contribution in [0.3, 0.4) is 0 Å². The van der Waals surface area contributed by atoms with Gasteiger partial charge < -0.3 is 4.90 Å². The van der Waals surface area contributed by atoms with E-state index in [1.807, 2.05) is 18.2 Å². The van der Waals surface area contributed by atoms with Crippen LogP contribution < -0.4 is 0 Å². The Labute approximate surface area is 196 Å². The maximum atomic E-state index is 14.9. The highest BCUT2D eigenvalue weighted by Crippen LogP contribution is 2.31. The lowest BCUT2D eigenvalue weighted by Gasteiger charge is -2.32. The molecule has 1 saturated heterocycles. The normalized spacial score (nSPS) is 15.1.